The van der Waals surface area contributed by atoms with Crippen molar-refractivity contribution in [2.45, 2.75) is 36.1 Å². The van der Waals surface area contributed by atoms with Gasteiger partial charge in [0, 0.05) is 13.1 Å². The first kappa shape index (κ1) is 20.7. The van der Waals surface area contributed by atoms with Gasteiger partial charge in [-0.15, -0.1) is 0 Å². The van der Waals surface area contributed by atoms with Crippen molar-refractivity contribution in [3.8, 4) is 6.07 Å². The summed E-state index contributed by atoms with van der Waals surface area (Å²) in [5, 5.41) is 19.4. The summed E-state index contributed by atoms with van der Waals surface area (Å²) in [5.41, 5.74) is 7.61. The maximum Gasteiger partial charge on any atom is 0.235 e. The molecule has 2 aromatic rings. The maximum absolute atomic E-state index is 12.2. The number of nitriles is 1. The molecular weight excluding hydrogens is 386 g/mol. The Morgan fingerprint density at radius 1 is 1.52 bits per heavy atom. The fourth-order valence-corrected chi connectivity index (χ4v) is 4.49. The third-order valence-corrected chi connectivity index (χ3v) is 6.11. The first-order valence-electron chi connectivity index (χ1n) is 9.28. The number of β-amino-alcohol motifs (C(OH)–C–C–N with tert-alkyl or cyclic N) is 1. The van der Waals surface area contributed by atoms with Crippen molar-refractivity contribution in [3.63, 3.8) is 0 Å². The number of aliphatic hydroxyl groups excluding tert-OH is 1. The number of carbonyl (C=O) groups excluding carboxylic acids is 1. The number of nitrogens with two attached hydrogens (primary N) is 1. The van der Waals surface area contributed by atoms with Gasteiger partial charge in [0.05, 0.1) is 18.2 Å². The maximum atomic E-state index is 12.2. The zero-order valence-electron chi connectivity index (χ0n) is 16.0. The van der Waals surface area contributed by atoms with Crippen molar-refractivity contribution in [2.75, 3.05) is 18.0 Å². The molecule has 2 atom stereocenters. The Balaban J connectivity index is 2.13. The summed E-state index contributed by atoms with van der Waals surface area (Å²) in [6, 6.07) is 11.3. The minimum Gasteiger partial charge on any atom is -0.391 e. The zero-order valence-corrected chi connectivity index (χ0v) is 16.8. The lowest BCUT2D eigenvalue weighted by molar-refractivity contribution is -0.117. The number of aromatic nitrogens is 1. The van der Waals surface area contributed by atoms with Gasteiger partial charge in [0.25, 0.3) is 0 Å². The topological polar surface area (TPSA) is 108 Å². The van der Waals surface area contributed by atoms with Crippen LogP contribution in [0, 0.1) is 17.9 Å². The fourth-order valence-electron chi connectivity index (χ4n) is 3.43. The largest absolute Gasteiger partial charge is 0.391 e. The van der Waals surface area contributed by atoms with E-state index in [1.165, 1.54) is 0 Å². The van der Waals surface area contributed by atoms with Gasteiger partial charge in [-0.1, -0.05) is 49.0 Å². The molecule has 0 radical (unpaired) electrons. The molecule has 0 spiro atoms. The van der Waals surface area contributed by atoms with Gasteiger partial charge in [-0.2, -0.15) is 5.26 Å². The quantitative estimate of drug-likeness (QED) is 0.563. The van der Waals surface area contributed by atoms with Crippen LogP contribution in [0.1, 0.15) is 35.3 Å². The van der Waals surface area contributed by atoms with Crippen molar-refractivity contribution in [1.82, 2.24) is 4.98 Å². The predicted octanol–water partition coefficient (Wildman–Crippen LogP) is 2.96. The molecule has 2 heterocycles. The number of carbonyl (C=O) groups is 1. The highest BCUT2D eigenvalue weighted by Crippen LogP contribution is 2.43. The van der Waals surface area contributed by atoms with Gasteiger partial charge in [0.2, 0.25) is 11.6 Å². The van der Waals surface area contributed by atoms with E-state index in [9.17, 15) is 15.2 Å². The highest BCUT2D eigenvalue weighted by atomic mass is 32.2. The molecule has 1 fully saturated rings. The van der Waals surface area contributed by atoms with E-state index in [0.29, 0.717) is 53.6 Å². The number of amides is 1. The number of rotatable bonds is 6. The van der Waals surface area contributed by atoms with E-state index in [2.05, 4.69) is 15.9 Å². The lowest BCUT2D eigenvalue weighted by atomic mass is 10.1. The summed E-state index contributed by atoms with van der Waals surface area (Å²) in [6.45, 7) is 10.5. The summed E-state index contributed by atoms with van der Waals surface area (Å²) < 4.78 is 0. The van der Waals surface area contributed by atoms with Crippen LogP contribution in [0.3, 0.4) is 0 Å². The van der Waals surface area contributed by atoms with Gasteiger partial charge in [0.15, 0.2) is 0 Å². The molecule has 0 saturated carbocycles. The summed E-state index contributed by atoms with van der Waals surface area (Å²) >= 11 is 1.12. The lowest BCUT2D eigenvalue weighted by Crippen LogP contribution is -2.23. The van der Waals surface area contributed by atoms with Gasteiger partial charge in [-0.05, 0) is 24.0 Å². The molecule has 1 aromatic carbocycles. The molecular formula is C21H21N5O2S. The first-order chi connectivity index (χ1) is 14.0. The second-order valence-corrected chi connectivity index (χ2v) is 7.81. The molecule has 1 aromatic heterocycles. The third kappa shape index (κ3) is 4.19. The number of primary amides is 1. The smallest absolute Gasteiger partial charge is 0.235 e. The van der Waals surface area contributed by atoms with Crippen LogP contribution < -0.4 is 10.6 Å². The van der Waals surface area contributed by atoms with Crippen LogP contribution in [0.2, 0.25) is 0 Å². The molecule has 1 saturated heterocycles. The summed E-state index contributed by atoms with van der Waals surface area (Å²) in [5.74, 6) is -0.0801. The summed E-state index contributed by atoms with van der Waals surface area (Å²) in [7, 11) is 0. The number of pyridine rings is 1. The molecule has 29 heavy (non-hydrogen) atoms. The molecule has 0 bridgehead atoms. The third-order valence-electron chi connectivity index (χ3n) is 4.85. The van der Waals surface area contributed by atoms with Gasteiger partial charge >= 0.3 is 0 Å². The Bertz CT molecular complexity index is 997. The molecule has 148 valence electrons. The molecule has 7 nitrogen and oxygen atoms in total. The standard InChI is InChI=1S/C21H21N5O2S/c1-3-15-16(11-22)21(29-18(19(23)28)13-7-5-4-6-8-13)25-20(17(15)24-2)26-10-9-14(27)12-26/h4-8,14,18,27H,3,9-10,12H2,1H3,(H2,23,28)/t14-,18?/m0/s1. The van der Waals surface area contributed by atoms with Crippen LogP contribution >= 0.6 is 11.8 Å². The van der Waals surface area contributed by atoms with Crippen LogP contribution in [0.25, 0.3) is 4.85 Å². The van der Waals surface area contributed by atoms with Crippen molar-refractivity contribution >= 4 is 29.2 Å². The molecule has 1 unspecified atom stereocenters. The van der Waals surface area contributed by atoms with Crippen molar-refractivity contribution in [3.05, 3.63) is 58.4 Å². The van der Waals surface area contributed by atoms with Crippen LogP contribution in [0.15, 0.2) is 35.4 Å². The van der Waals surface area contributed by atoms with Crippen molar-refractivity contribution in [2.24, 2.45) is 5.73 Å². The SMILES string of the molecule is [C-]#[N+]c1c(N2CC[C@H](O)C2)nc(SC(C(N)=O)c2ccccc2)c(C#N)c1CC. The molecule has 3 N–H and O–H groups in total. The Morgan fingerprint density at radius 2 is 2.24 bits per heavy atom. The molecule has 1 aliphatic rings. The van der Waals surface area contributed by atoms with Gasteiger partial charge in [0.1, 0.15) is 22.2 Å². The van der Waals surface area contributed by atoms with E-state index in [1.807, 2.05) is 30.0 Å². The summed E-state index contributed by atoms with van der Waals surface area (Å²) in [4.78, 5) is 22.3. The summed E-state index contributed by atoms with van der Waals surface area (Å²) in [6.07, 6.45) is 0.596. The highest BCUT2D eigenvalue weighted by molar-refractivity contribution is 8.00. The Kier molecular flexibility index (Phi) is 6.38. The van der Waals surface area contributed by atoms with E-state index < -0.39 is 17.3 Å². The monoisotopic (exact) mass is 407 g/mol. The molecule has 0 aliphatic carbocycles. The fraction of sp³-hybridized carbons (Fsp3) is 0.333. The van der Waals surface area contributed by atoms with E-state index in [0.717, 1.165) is 17.3 Å². The van der Waals surface area contributed by atoms with E-state index in [1.54, 1.807) is 12.1 Å². The lowest BCUT2D eigenvalue weighted by Gasteiger charge is -2.23. The molecule has 3 rings (SSSR count). The van der Waals surface area contributed by atoms with E-state index >= 15 is 0 Å². The van der Waals surface area contributed by atoms with Crippen LogP contribution in [0.4, 0.5) is 11.5 Å². The minimum absolute atomic E-state index is 0.300. The Hall–Kier alpha value is -3.07. The van der Waals surface area contributed by atoms with Gasteiger partial charge in [-0.25, -0.2) is 9.83 Å². The van der Waals surface area contributed by atoms with Crippen LogP contribution in [0.5, 0.6) is 0 Å². The molecule has 8 heteroatoms. The van der Waals surface area contributed by atoms with E-state index in [-0.39, 0.29) is 0 Å². The van der Waals surface area contributed by atoms with E-state index in [4.69, 9.17) is 12.3 Å². The van der Waals surface area contributed by atoms with Gasteiger partial charge in [-0.3, -0.25) is 4.79 Å². The predicted molar refractivity (Wildman–Crippen MR) is 112 cm³/mol. The number of hydrogen-bond donors (Lipinski definition) is 2. The normalized spacial score (nSPS) is 16.8. The van der Waals surface area contributed by atoms with Crippen LogP contribution in [-0.4, -0.2) is 35.2 Å². The highest BCUT2D eigenvalue weighted by Gasteiger charge is 2.29. The number of aliphatic hydroxyl groups is 1. The number of hydrogen-bond acceptors (Lipinski definition) is 6. The average Bonchev–Trinajstić information content (AvgIpc) is 3.17. The Morgan fingerprint density at radius 3 is 2.76 bits per heavy atom. The zero-order chi connectivity index (χ0) is 21.0. The molecule has 1 aliphatic heterocycles. The minimum atomic E-state index is -0.712. The van der Waals surface area contributed by atoms with Gasteiger partial charge < -0.3 is 15.7 Å². The number of nitrogens with zero attached hydrogens (tertiary/aromatic N) is 4. The number of thioether (sulfide) groups is 1. The second-order valence-electron chi connectivity index (χ2n) is 6.72. The number of anilines is 1. The molecule has 1 amide bonds. The number of benzene rings is 1. The first-order valence-corrected chi connectivity index (χ1v) is 10.2. The van der Waals surface area contributed by atoms with Crippen LogP contribution in [-0.2, 0) is 11.2 Å². The van der Waals surface area contributed by atoms with Crippen molar-refractivity contribution in [1.29, 1.82) is 5.26 Å². The second kappa shape index (κ2) is 8.95. The average molecular weight is 407 g/mol. The van der Waals surface area contributed by atoms with Crippen molar-refractivity contribution < 1.29 is 9.90 Å². The Labute approximate surface area is 174 Å².